The maximum Gasteiger partial charge on any atom is 0.453 e. The minimum atomic E-state index is -4.62. The number of methoxy groups -OCH3 is 1. The highest BCUT2D eigenvalue weighted by Crippen LogP contribution is 2.29. The highest BCUT2D eigenvalue weighted by molar-refractivity contribution is 5.58. The topological polar surface area (TPSA) is 64.3 Å². The van der Waals surface area contributed by atoms with Crippen LogP contribution in [0.5, 0.6) is 5.75 Å². The Labute approximate surface area is 148 Å². The van der Waals surface area contributed by atoms with Crippen molar-refractivity contribution in [1.29, 1.82) is 0 Å². The van der Waals surface area contributed by atoms with Crippen molar-refractivity contribution in [3.63, 3.8) is 0 Å². The van der Waals surface area contributed by atoms with Crippen LogP contribution < -0.4 is 10.1 Å². The number of hydrogen-bond donors (Lipinski definition) is 1. The molecule has 0 atom stereocenters. The van der Waals surface area contributed by atoms with Gasteiger partial charge < -0.3 is 10.1 Å². The van der Waals surface area contributed by atoms with Crippen molar-refractivity contribution in [2.24, 2.45) is 0 Å². The number of nitrogens with one attached hydrogen (secondary N) is 1. The molecule has 138 valence electrons. The fourth-order valence-electron chi connectivity index (χ4n) is 2.59. The lowest BCUT2D eigenvalue weighted by atomic mass is 10.1. The zero-order chi connectivity index (χ0) is 18.9. The largest absolute Gasteiger partial charge is 0.497 e. The van der Waals surface area contributed by atoms with Gasteiger partial charge in [-0.3, -0.25) is 0 Å². The molecular weight excluding hydrogens is 347 g/mol. The number of rotatable bonds is 5. The lowest BCUT2D eigenvalue weighted by Crippen LogP contribution is -2.16. The van der Waals surface area contributed by atoms with Crippen LogP contribution in [0, 0.1) is 13.8 Å². The number of alkyl halides is 3. The third kappa shape index (κ3) is 3.42. The van der Waals surface area contributed by atoms with E-state index in [4.69, 9.17) is 4.74 Å². The normalized spacial score (nSPS) is 11.8. The predicted molar refractivity (Wildman–Crippen MR) is 90.4 cm³/mol. The summed E-state index contributed by atoms with van der Waals surface area (Å²) < 4.78 is 45.0. The van der Waals surface area contributed by atoms with Gasteiger partial charge in [0, 0.05) is 12.1 Å². The molecule has 0 aliphatic heterocycles. The molecule has 0 saturated carbocycles. The highest BCUT2D eigenvalue weighted by atomic mass is 19.4. The zero-order valence-corrected chi connectivity index (χ0v) is 14.6. The van der Waals surface area contributed by atoms with Gasteiger partial charge in [0.25, 0.3) is 5.82 Å². The molecule has 2 aromatic heterocycles. The zero-order valence-electron chi connectivity index (χ0n) is 14.6. The first-order valence-electron chi connectivity index (χ1n) is 7.98. The number of hydrogen-bond acceptors (Lipinski definition) is 5. The second-order valence-corrected chi connectivity index (χ2v) is 5.88. The second kappa shape index (κ2) is 6.81. The molecule has 0 radical (unpaired) electrons. The third-order valence-electron chi connectivity index (χ3n) is 4.21. The van der Waals surface area contributed by atoms with Gasteiger partial charge in [-0.05, 0) is 43.5 Å². The Morgan fingerprint density at radius 2 is 1.77 bits per heavy atom. The van der Waals surface area contributed by atoms with Gasteiger partial charge in [-0.15, -0.1) is 15.3 Å². The van der Waals surface area contributed by atoms with Crippen molar-refractivity contribution in [1.82, 2.24) is 19.8 Å². The summed E-state index contributed by atoms with van der Waals surface area (Å²) >= 11 is 0. The third-order valence-corrected chi connectivity index (χ3v) is 4.21. The molecule has 0 aliphatic rings. The average molecular weight is 365 g/mol. The Balaban J connectivity index is 1.81. The first-order chi connectivity index (χ1) is 12.3. The quantitative estimate of drug-likeness (QED) is 0.751. The number of anilines is 1. The molecule has 6 nitrogen and oxygen atoms in total. The van der Waals surface area contributed by atoms with E-state index < -0.39 is 12.0 Å². The van der Waals surface area contributed by atoms with Gasteiger partial charge in [-0.25, -0.2) is 0 Å². The maximum absolute atomic E-state index is 13.1. The molecule has 1 aromatic carbocycles. The van der Waals surface area contributed by atoms with E-state index in [1.165, 1.54) is 0 Å². The number of halogens is 3. The summed E-state index contributed by atoms with van der Waals surface area (Å²) in [4.78, 5) is 0. The summed E-state index contributed by atoms with van der Waals surface area (Å²) in [7, 11) is 1.60. The smallest absolute Gasteiger partial charge is 0.453 e. The van der Waals surface area contributed by atoms with Crippen LogP contribution in [0.1, 0.15) is 22.5 Å². The molecule has 0 unspecified atom stereocenters. The van der Waals surface area contributed by atoms with Crippen molar-refractivity contribution in [3.05, 3.63) is 46.8 Å². The second-order valence-electron chi connectivity index (χ2n) is 5.88. The van der Waals surface area contributed by atoms with Gasteiger partial charge in [-0.1, -0.05) is 12.1 Å². The van der Waals surface area contributed by atoms with Gasteiger partial charge in [0.1, 0.15) is 11.6 Å². The van der Waals surface area contributed by atoms with Gasteiger partial charge in [-0.2, -0.15) is 17.7 Å². The summed E-state index contributed by atoms with van der Waals surface area (Å²) in [5.41, 5.74) is 2.54. The van der Waals surface area contributed by atoms with Gasteiger partial charge >= 0.3 is 6.18 Å². The summed E-state index contributed by atoms with van der Waals surface area (Å²) in [5, 5.41) is 14.0. The summed E-state index contributed by atoms with van der Waals surface area (Å²) in [6, 6.07) is 7.61. The van der Waals surface area contributed by atoms with E-state index in [0.717, 1.165) is 21.4 Å². The predicted octanol–water partition coefficient (Wildman–Crippen LogP) is 3.42. The van der Waals surface area contributed by atoms with Crippen molar-refractivity contribution in [2.75, 3.05) is 19.0 Å². The molecule has 2 heterocycles. The van der Waals surface area contributed by atoms with Crippen LogP contribution in [0.3, 0.4) is 0 Å². The Bertz CT molecular complexity index is 919. The fourth-order valence-corrected chi connectivity index (χ4v) is 2.59. The molecule has 3 aromatic rings. The minimum absolute atomic E-state index is 0.107. The summed E-state index contributed by atoms with van der Waals surface area (Å²) in [6.45, 7) is 4.02. The SMILES string of the molecule is COc1ccc(CCNc2nn3c(C(F)(F)F)nnc3c(C)c2C)cc1. The number of nitrogens with zero attached hydrogens (tertiary/aromatic N) is 4. The van der Waals surface area contributed by atoms with E-state index in [1.807, 2.05) is 24.3 Å². The molecule has 0 saturated heterocycles. The molecule has 26 heavy (non-hydrogen) atoms. The number of aromatic nitrogens is 4. The Morgan fingerprint density at radius 3 is 2.38 bits per heavy atom. The van der Waals surface area contributed by atoms with E-state index in [0.29, 0.717) is 24.3 Å². The standard InChI is InChI=1S/C17H18F3N5O/c1-10-11(2)15-22-23-16(17(18,19)20)25(15)24-14(10)21-9-8-12-4-6-13(26-3)7-5-12/h4-7H,8-9H2,1-3H3,(H,21,24). The van der Waals surface area contributed by atoms with E-state index in [9.17, 15) is 13.2 Å². The van der Waals surface area contributed by atoms with Gasteiger partial charge in [0.15, 0.2) is 5.65 Å². The first-order valence-corrected chi connectivity index (χ1v) is 7.98. The van der Waals surface area contributed by atoms with Crippen LogP contribution in [0.15, 0.2) is 24.3 Å². The minimum Gasteiger partial charge on any atom is -0.497 e. The van der Waals surface area contributed by atoms with Gasteiger partial charge in [0.2, 0.25) is 0 Å². The van der Waals surface area contributed by atoms with Crippen molar-refractivity contribution >= 4 is 11.5 Å². The van der Waals surface area contributed by atoms with E-state index >= 15 is 0 Å². The lowest BCUT2D eigenvalue weighted by Gasteiger charge is -2.12. The monoisotopic (exact) mass is 365 g/mol. The Hall–Kier alpha value is -2.84. The van der Waals surface area contributed by atoms with E-state index in [1.54, 1.807) is 21.0 Å². The number of ether oxygens (including phenoxy) is 1. The Morgan fingerprint density at radius 1 is 1.08 bits per heavy atom. The Kier molecular flexibility index (Phi) is 4.71. The maximum atomic E-state index is 13.1. The van der Waals surface area contributed by atoms with Crippen LogP contribution in [0.2, 0.25) is 0 Å². The van der Waals surface area contributed by atoms with Crippen LogP contribution in [0.25, 0.3) is 5.65 Å². The van der Waals surface area contributed by atoms with Gasteiger partial charge in [0.05, 0.1) is 7.11 Å². The van der Waals surface area contributed by atoms with Crippen LogP contribution in [-0.4, -0.2) is 33.5 Å². The van der Waals surface area contributed by atoms with Crippen molar-refractivity contribution in [3.8, 4) is 5.75 Å². The molecule has 1 N–H and O–H groups in total. The number of fused-ring (bicyclic) bond motifs is 1. The van der Waals surface area contributed by atoms with Crippen LogP contribution in [0.4, 0.5) is 19.0 Å². The van der Waals surface area contributed by atoms with E-state index in [2.05, 4.69) is 20.6 Å². The number of benzene rings is 1. The lowest BCUT2D eigenvalue weighted by molar-refractivity contribution is -0.146. The molecular formula is C17H18F3N5O. The highest BCUT2D eigenvalue weighted by Gasteiger charge is 2.38. The van der Waals surface area contributed by atoms with Crippen molar-refractivity contribution in [2.45, 2.75) is 26.4 Å². The average Bonchev–Trinajstić information content (AvgIpc) is 3.04. The van der Waals surface area contributed by atoms with Crippen LogP contribution >= 0.6 is 0 Å². The molecule has 0 fully saturated rings. The van der Waals surface area contributed by atoms with Crippen molar-refractivity contribution < 1.29 is 17.9 Å². The fraction of sp³-hybridized carbons (Fsp3) is 0.353. The molecule has 0 bridgehead atoms. The van der Waals surface area contributed by atoms with E-state index in [-0.39, 0.29) is 5.65 Å². The summed E-state index contributed by atoms with van der Waals surface area (Å²) in [5.74, 6) is 0.0233. The molecule has 9 heteroatoms. The molecule has 0 aliphatic carbocycles. The molecule has 0 spiro atoms. The first kappa shape index (κ1) is 18.0. The summed E-state index contributed by atoms with van der Waals surface area (Å²) in [6.07, 6.45) is -3.93. The van der Waals surface area contributed by atoms with Crippen LogP contribution in [-0.2, 0) is 12.6 Å². The molecule has 0 amide bonds. The molecule has 3 rings (SSSR count). The number of aryl methyl sites for hydroxylation is 1.